The molecule has 1 aliphatic rings. The molecule has 2 unspecified atom stereocenters. The van der Waals surface area contributed by atoms with Crippen molar-refractivity contribution in [2.75, 3.05) is 11.9 Å². The Morgan fingerprint density at radius 2 is 2.16 bits per heavy atom. The van der Waals surface area contributed by atoms with Crippen LogP contribution in [0.15, 0.2) is 18.2 Å². The highest BCUT2D eigenvalue weighted by atomic mass is 79.9. The summed E-state index contributed by atoms with van der Waals surface area (Å²) in [6.07, 6.45) is 3.58. The van der Waals surface area contributed by atoms with Crippen molar-refractivity contribution in [2.45, 2.75) is 26.2 Å². The molecule has 1 aromatic rings. The summed E-state index contributed by atoms with van der Waals surface area (Å²) in [4.78, 5) is 12.0. The minimum atomic E-state index is -0.413. The molecule has 1 aliphatic carbocycles. The number of rotatable bonds is 4. The zero-order chi connectivity index (χ0) is 13.8. The van der Waals surface area contributed by atoms with Gasteiger partial charge in [-0.3, -0.25) is 4.79 Å². The van der Waals surface area contributed by atoms with Crippen LogP contribution in [-0.4, -0.2) is 17.8 Å². The number of nitrogens with one attached hydrogen (secondary N) is 1. The Balaban J connectivity index is 1.96. The number of halogens is 2. The van der Waals surface area contributed by atoms with Crippen molar-refractivity contribution in [3.8, 4) is 0 Å². The van der Waals surface area contributed by atoms with Gasteiger partial charge in [0, 0.05) is 11.9 Å². The molecule has 2 nitrogen and oxygen atoms in total. The lowest BCUT2D eigenvalue weighted by atomic mass is 9.98. The third kappa shape index (κ3) is 3.35. The fourth-order valence-corrected chi connectivity index (χ4v) is 3.58. The summed E-state index contributed by atoms with van der Waals surface area (Å²) in [7, 11) is 0. The molecule has 0 spiro atoms. The van der Waals surface area contributed by atoms with Gasteiger partial charge in [-0.2, -0.15) is 0 Å². The van der Waals surface area contributed by atoms with Gasteiger partial charge >= 0.3 is 0 Å². The molecule has 0 bridgehead atoms. The van der Waals surface area contributed by atoms with Crippen LogP contribution >= 0.6 is 15.9 Å². The van der Waals surface area contributed by atoms with Gasteiger partial charge in [-0.1, -0.05) is 34.5 Å². The zero-order valence-corrected chi connectivity index (χ0v) is 12.7. The van der Waals surface area contributed by atoms with Gasteiger partial charge in [0.15, 0.2) is 0 Å². The quantitative estimate of drug-likeness (QED) is 0.840. The molecule has 104 valence electrons. The van der Waals surface area contributed by atoms with Crippen LogP contribution in [0.2, 0.25) is 0 Å². The number of amides is 1. The predicted octanol–water partition coefficient (Wildman–Crippen LogP) is 3.68. The minimum absolute atomic E-state index is 0.147. The van der Waals surface area contributed by atoms with E-state index in [1.165, 1.54) is 18.9 Å². The summed E-state index contributed by atoms with van der Waals surface area (Å²) in [5.41, 5.74) is 0.653. The van der Waals surface area contributed by atoms with Crippen molar-refractivity contribution < 1.29 is 9.18 Å². The number of aryl methyl sites for hydroxylation is 1. The molecule has 1 saturated carbocycles. The van der Waals surface area contributed by atoms with Crippen molar-refractivity contribution in [3.05, 3.63) is 35.1 Å². The number of hydrogen-bond acceptors (Lipinski definition) is 1. The maximum Gasteiger partial charge on any atom is 0.254 e. The van der Waals surface area contributed by atoms with E-state index in [4.69, 9.17) is 0 Å². The molecule has 0 heterocycles. The van der Waals surface area contributed by atoms with Gasteiger partial charge in [0.25, 0.3) is 5.91 Å². The van der Waals surface area contributed by atoms with Crippen molar-refractivity contribution >= 4 is 21.8 Å². The van der Waals surface area contributed by atoms with Gasteiger partial charge in [-0.15, -0.1) is 0 Å². The highest BCUT2D eigenvalue weighted by molar-refractivity contribution is 9.09. The molecule has 0 radical (unpaired) electrons. The molecule has 2 atom stereocenters. The predicted molar refractivity (Wildman–Crippen MR) is 78.1 cm³/mol. The first-order valence-corrected chi connectivity index (χ1v) is 7.85. The largest absolute Gasteiger partial charge is 0.352 e. The number of hydrogen-bond donors (Lipinski definition) is 1. The molecule has 0 saturated heterocycles. The number of alkyl halides is 1. The maximum atomic E-state index is 13.8. The Morgan fingerprint density at radius 3 is 2.89 bits per heavy atom. The maximum absolute atomic E-state index is 13.8. The average molecular weight is 328 g/mol. The van der Waals surface area contributed by atoms with E-state index in [0.29, 0.717) is 23.9 Å². The van der Waals surface area contributed by atoms with Gasteiger partial charge in [0.05, 0.1) is 5.56 Å². The Bertz CT molecular complexity index is 463. The van der Waals surface area contributed by atoms with Crippen LogP contribution in [0.25, 0.3) is 0 Å². The van der Waals surface area contributed by atoms with Crippen molar-refractivity contribution in [3.63, 3.8) is 0 Å². The molecule has 19 heavy (non-hydrogen) atoms. The van der Waals surface area contributed by atoms with Crippen LogP contribution in [-0.2, 0) is 0 Å². The van der Waals surface area contributed by atoms with E-state index >= 15 is 0 Å². The Kier molecular flexibility index (Phi) is 4.97. The van der Waals surface area contributed by atoms with Crippen molar-refractivity contribution in [1.29, 1.82) is 0 Å². The molecule has 4 heteroatoms. The molecule has 1 fully saturated rings. The first-order valence-electron chi connectivity index (χ1n) is 6.72. The highest BCUT2D eigenvalue weighted by Gasteiger charge is 2.26. The summed E-state index contributed by atoms with van der Waals surface area (Å²) in [5, 5.41) is 3.85. The Hall–Kier alpha value is -0.900. The van der Waals surface area contributed by atoms with Crippen LogP contribution < -0.4 is 5.32 Å². The number of carbonyl (C=O) groups excluding carboxylic acids is 1. The molecule has 1 aromatic carbocycles. The highest BCUT2D eigenvalue weighted by Crippen LogP contribution is 2.32. The van der Waals surface area contributed by atoms with Crippen LogP contribution in [0, 0.1) is 24.6 Å². The van der Waals surface area contributed by atoms with E-state index in [9.17, 15) is 9.18 Å². The first kappa shape index (κ1) is 14.5. The van der Waals surface area contributed by atoms with Crippen LogP contribution in [0.5, 0.6) is 0 Å². The smallest absolute Gasteiger partial charge is 0.254 e. The van der Waals surface area contributed by atoms with E-state index in [1.807, 2.05) is 0 Å². The monoisotopic (exact) mass is 327 g/mol. The van der Waals surface area contributed by atoms with Gasteiger partial charge in [-0.25, -0.2) is 4.39 Å². The fraction of sp³-hybridized carbons (Fsp3) is 0.533. The summed E-state index contributed by atoms with van der Waals surface area (Å²) < 4.78 is 13.8. The Labute approximate surface area is 121 Å². The zero-order valence-electron chi connectivity index (χ0n) is 11.1. The topological polar surface area (TPSA) is 29.1 Å². The average Bonchev–Trinajstić information content (AvgIpc) is 2.86. The van der Waals surface area contributed by atoms with Crippen molar-refractivity contribution in [2.24, 2.45) is 11.8 Å². The van der Waals surface area contributed by atoms with Crippen molar-refractivity contribution in [1.82, 2.24) is 5.32 Å². The van der Waals surface area contributed by atoms with E-state index in [1.54, 1.807) is 19.1 Å². The fourth-order valence-electron chi connectivity index (χ4n) is 2.73. The standard InChI is InChI=1S/C15H19BrFNO/c1-10-4-2-7-13(14(10)17)15(19)18-9-12-6-3-5-11(12)8-16/h2,4,7,11-12H,3,5-6,8-9H2,1H3,(H,18,19). The molecular weight excluding hydrogens is 309 g/mol. The normalized spacial score (nSPS) is 22.5. The SMILES string of the molecule is Cc1cccc(C(=O)NCC2CCCC2CBr)c1F. The minimum Gasteiger partial charge on any atom is -0.352 e. The van der Waals surface area contributed by atoms with Gasteiger partial charge < -0.3 is 5.32 Å². The van der Waals surface area contributed by atoms with Gasteiger partial charge in [0.1, 0.15) is 5.82 Å². The van der Waals surface area contributed by atoms with E-state index in [2.05, 4.69) is 21.2 Å². The molecule has 0 aliphatic heterocycles. The molecular formula is C15H19BrFNO. The van der Waals surface area contributed by atoms with Crippen LogP contribution in [0.4, 0.5) is 4.39 Å². The lowest BCUT2D eigenvalue weighted by Gasteiger charge is -2.18. The summed E-state index contributed by atoms with van der Waals surface area (Å²) in [5.74, 6) is 0.420. The van der Waals surface area contributed by atoms with Crippen LogP contribution in [0.1, 0.15) is 35.2 Å². The lowest BCUT2D eigenvalue weighted by molar-refractivity contribution is 0.0940. The third-order valence-electron chi connectivity index (χ3n) is 3.98. The second-order valence-electron chi connectivity index (χ2n) is 5.25. The second-order valence-corrected chi connectivity index (χ2v) is 5.90. The molecule has 1 amide bonds. The number of benzene rings is 1. The van der Waals surface area contributed by atoms with Crippen LogP contribution in [0.3, 0.4) is 0 Å². The third-order valence-corrected chi connectivity index (χ3v) is 4.81. The van der Waals surface area contributed by atoms with E-state index in [-0.39, 0.29) is 11.5 Å². The van der Waals surface area contributed by atoms with Gasteiger partial charge in [0.2, 0.25) is 0 Å². The molecule has 2 rings (SSSR count). The summed E-state index contributed by atoms with van der Waals surface area (Å²) in [6, 6.07) is 4.92. The van der Waals surface area contributed by atoms with E-state index < -0.39 is 5.82 Å². The van der Waals surface area contributed by atoms with Gasteiger partial charge in [-0.05, 0) is 43.2 Å². The van der Waals surface area contributed by atoms with E-state index in [0.717, 1.165) is 11.8 Å². The Morgan fingerprint density at radius 1 is 1.42 bits per heavy atom. The second kappa shape index (κ2) is 6.51. The lowest BCUT2D eigenvalue weighted by Crippen LogP contribution is -2.31. The summed E-state index contributed by atoms with van der Waals surface area (Å²) in [6.45, 7) is 2.31. The number of carbonyl (C=O) groups is 1. The summed E-state index contributed by atoms with van der Waals surface area (Å²) >= 11 is 3.52. The molecule has 0 aromatic heterocycles. The first-order chi connectivity index (χ1) is 9.13. The molecule has 1 N–H and O–H groups in total.